The molecule has 1 aromatic heterocycles. The number of nitrogens with zero attached hydrogens (tertiary/aromatic N) is 2. The molecule has 3 heterocycles. The summed E-state index contributed by atoms with van der Waals surface area (Å²) in [4.78, 5) is 40.0. The lowest BCUT2D eigenvalue weighted by atomic mass is 10.1. The summed E-state index contributed by atoms with van der Waals surface area (Å²) < 4.78 is 0. The normalized spacial score (nSPS) is 22.6. The van der Waals surface area contributed by atoms with Gasteiger partial charge in [0.25, 0.3) is 5.91 Å². The van der Waals surface area contributed by atoms with Crippen LogP contribution < -0.4 is 5.32 Å². The number of thiophene rings is 1. The number of fused-ring (bicyclic) bond motifs is 1. The van der Waals surface area contributed by atoms with Gasteiger partial charge in [-0.3, -0.25) is 14.4 Å². The summed E-state index contributed by atoms with van der Waals surface area (Å²) in [6, 6.07) is 1.36. The van der Waals surface area contributed by atoms with E-state index in [-0.39, 0.29) is 30.8 Å². The van der Waals surface area contributed by atoms with Crippen molar-refractivity contribution in [1.29, 1.82) is 0 Å². The van der Waals surface area contributed by atoms with Crippen molar-refractivity contribution in [3.05, 3.63) is 21.9 Å². The molecule has 2 fully saturated rings. The maximum Gasteiger partial charge on any atom is 0.264 e. The van der Waals surface area contributed by atoms with Crippen molar-refractivity contribution in [3.8, 4) is 0 Å². The van der Waals surface area contributed by atoms with Crippen molar-refractivity contribution < 1.29 is 14.4 Å². The molecule has 7 heteroatoms. The topological polar surface area (TPSA) is 69.7 Å². The number of hydrogen-bond acceptors (Lipinski definition) is 4. The van der Waals surface area contributed by atoms with E-state index in [0.29, 0.717) is 18.0 Å². The monoisotopic (exact) mass is 293 g/mol. The Labute approximate surface area is 120 Å². The van der Waals surface area contributed by atoms with Gasteiger partial charge in [0.15, 0.2) is 0 Å². The molecule has 3 amide bonds. The minimum absolute atomic E-state index is 0.0528. The number of piperazine rings is 2. The van der Waals surface area contributed by atoms with Gasteiger partial charge < -0.3 is 15.1 Å². The van der Waals surface area contributed by atoms with E-state index in [1.165, 1.54) is 11.3 Å². The third-order valence-corrected chi connectivity index (χ3v) is 4.77. The first kappa shape index (κ1) is 13.1. The van der Waals surface area contributed by atoms with Crippen molar-refractivity contribution in [3.63, 3.8) is 0 Å². The summed E-state index contributed by atoms with van der Waals surface area (Å²) in [6.07, 6.45) is 0. The largest absolute Gasteiger partial charge is 0.345 e. The van der Waals surface area contributed by atoms with Gasteiger partial charge in [-0.05, 0) is 23.9 Å². The average Bonchev–Trinajstić information content (AvgIpc) is 2.88. The number of carbonyl (C=O) groups is 3. The number of hydrogen-bond donors (Lipinski definition) is 1. The van der Waals surface area contributed by atoms with Gasteiger partial charge in [-0.2, -0.15) is 0 Å². The molecule has 1 atom stereocenters. The Kier molecular flexibility index (Phi) is 3.21. The quantitative estimate of drug-likeness (QED) is 0.782. The summed E-state index contributed by atoms with van der Waals surface area (Å²) in [5.41, 5.74) is 0.951. The molecule has 2 aliphatic heterocycles. The van der Waals surface area contributed by atoms with E-state index in [2.05, 4.69) is 5.32 Å². The summed E-state index contributed by atoms with van der Waals surface area (Å²) in [6.45, 7) is 3.14. The zero-order valence-electron chi connectivity index (χ0n) is 11.1. The lowest BCUT2D eigenvalue weighted by Gasteiger charge is -2.42. The Balaban J connectivity index is 1.78. The Morgan fingerprint density at radius 3 is 2.90 bits per heavy atom. The highest BCUT2D eigenvalue weighted by molar-refractivity contribution is 7.12. The molecule has 0 saturated carbocycles. The number of aryl methyl sites for hydroxylation is 1. The van der Waals surface area contributed by atoms with Gasteiger partial charge in [0.1, 0.15) is 6.04 Å². The zero-order valence-corrected chi connectivity index (χ0v) is 11.9. The zero-order chi connectivity index (χ0) is 14.3. The van der Waals surface area contributed by atoms with Gasteiger partial charge in [0, 0.05) is 13.1 Å². The third kappa shape index (κ3) is 2.07. The summed E-state index contributed by atoms with van der Waals surface area (Å²) in [5.74, 6) is -0.304. The second-order valence-corrected chi connectivity index (χ2v) is 5.92. The SMILES string of the molecule is Cc1ccsc1C(=O)N1CCN2C(=O)CNC(=O)C2C1. The molecule has 0 bridgehead atoms. The maximum absolute atomic E-state index is 12.4. The summed E-state index contributed by atoms with van der Waals surface area (Å²) in [7, 11) is 0. The summed E-state index contributed by atoms with van der Waals surface area (Å²) in [5, 5.41) is 4.46. The van der Waals surface area contributed by atoms with Crippen LogP contribution in [0.2, 0.25) is 0 Å². The van der Waals surface area contributed by atoms with Crippen molar-refractivity contribution in [2.45, 2.75) is 13.0 Å². The number of carbonyl (C=O) groups excluding carboxylic acids is 3. The number of amides is 3. The van der Waals surface area contributed by atoms with Crippen LogP contribution in [0.1, 0.15) is 15.2 Å². The molecule has 1 unspecified atom stereocenters. The molecule has 106 valence electrons. The minimum Gasteiger partial charge on any atom is -0.345 e. The predicted octanol–water partition coefficient (Wildman–Crippen LogP) is -0.161. The molecule has 2 aliphatic rings. The van der Waals surface area contributed by atoms with E-state index in [0.717, 1.165) is 5.56 Å². The second-order valence-electron chi connectivity index (χ2n) is 5.00. The molecule has 0 aliphatic carbocycles. The molecule has 0 radical (unpaired) electrons. The molecule has 0 aromatic carbocycles. The van der Waals surface area contributed by atoms with E-state index in [1.54, 1.807) is 9.80 Å². The Hall–Kier alpha value is -1.89. The van der Waals surface area contributed by atoms with Crippen molar-refractivity contribution in [2.75, 3.05) is 26.2 Å². The Morgan fingerprint density at radius 2 is 2.20 bits per heavy atom. The average molecular weight is 293 g/mol. The lowest BCUT2D eigenvalue weighted by molar-refractivity contribution is -0.148. The first-order valence-electron chi connectivity index (χ1n) is 6.48. The molecule has 2 saturated heterocycles. The second kappa shape index (κ2) is 4.90. The van der Waals surface area contributed by atoms with Crippen LogP contribution in [0, 0.1) is 6.92 Å². The van der Waals surface area contributed by atoms with E-state index < -0.39 is 6.04 Å². The van der Waals surface area contributed by atoms with Crippen LogP contribution in [0.5, 0.6) is 0 Å². The fourth-order valence-corrected chi connectivity index (χ4v) is 3.50. The van der Waals surface area contributed by atoms with E-state index in [9.17, 15) is 14.4 Å². The van der Waals surface area contributed by atoms with Gasteiger partial charge in [-0.1, -0.05) is 0 Å². The summed E-state index contributed by atoms with van der Waals surface area (Å²) >= 11 is 1.41. The fraction of sp³-hybridized carbons (Fsp3) is 0.462. The maximum atomic E-state index is 12.4. The molecular formula is C13H15N3O3S. The van der Waals surface area contributed by atoms with Crippen molar-refractivity contribution >= 4 is 29.1 Å². The lowest BCUT2D eigenvalue weighted by Crippen LogP contribution is -2.66. The molecule has 20 heavy (non-hydrogen) atoms. The molecule has 1 aromatic rings. The number of rotatable bonds is 1. The van der Waals surface area contributed by atoms with Gasteiger partial charge in [-0.25, -0.2) is 0 Å². The van der Waals surface area contributed by atoms with E-state index in [4.69, 9.17) is 0 Å². The van der Waals surface area contributed by atoms with Gasteiger partial charge in [0.05, 0.1) is 18.0 Å². The van der Waals surface area contributed by atoms with Gasteiger partial charge >= 0.3 is 0 Å². The Morgan fingerprint density at radius 1 is 1.40 bits per heavy atom. The van der Waals surface area contributed by atoms with E-state index >= 15 is 0 Å². The molecule has 1 N–H and O–H groups in total. The smallest absolute Gasteiger partial charge is 0.264 e. The predicted molar refractivity (Wildman–Crippen MR) is 73.5 cm³/mol. The third-order valence-electron chi connectivity index (χ3n) is 3.76. The van der Waals surface area contributed by atoms with Crippen LogP contribution in [-0.4, -0.2) is 59.7 Å². The number of nitrogens with one attached hydrogen (secondary N) is 1. The van der Waals surface area contributed by atoms with Gasteiger partial charge in [-0.15, -0.1) is 11.3 Å². The molecule has 0 spiro atoms. The fourth-order valence-electron chi connectivity index (χ4n) is 2.61. The van der Waals surface area contributed by atoms with Crippen LogP contribution in [0.4, 0.5) is 0 Å². The van der Waals surface area contributed by atoms with Crippen LogP contribution in [-0.2, 0) is 9.59 Å². The van der Waals surface area contributed by atoms with Crippen LogP contribution in [0.3, 0.4) is 0 Å². The highest BCUT2D eigenvalue weighted by atomic mass is 32.1. The molecular weight excluding hydrogens is 278 g/mol. The van der Waals surface area contributed by atoms with Crippen molar-refractivity contribution in [2.24, 2.45) is 0 Å². The minimum atomic E-state index is -0.547. The highest BCUT2D eigenvalue weighted by Crippen LogP contribution is 2.21. The Bertz CT molecular complexity index is 583. The first-order chi connectivity index (χ1) is 9.58. The standard InChI is InChI=1S/C13H15N3O3S/c1-8-2-5-20-11(8)13(19)15-3-4-16-9(7-15)12(18)14-6-10(16)17/h2,5,9H,3-4,6-7H2,1H3,(H,14,18). The highest BCUT2D eigenvalue weighted by Gasteiger charge is 2.40. The van der Waals surface area contributed by atoms with Crippen LogP contribution in [0.15, 0.2) is 11.4 Å². The molecule has 6 nitrogen and oxygen atoms in total. The van der Waals surface area contributed by atoms with Gasteiger partial charge in [0.2, 0.25) is 11.8 Å². The van der Waals surface area contributed by atoms with Crippen LogP contribution in [0.25, 0.3) is 0 Å². The van der Waals surface area contributed by atoms with E-state index in [1.807, 2.05) is 18.4 Å². The van der Waals surface area contributed by atoms with Crippen molar-refractivity contribution in [1.82, 2.24) is 15.1 Å². The first-order valence-corrected chi connectivity index (χ1v) is 7.36. The molecule has 3 rings (SSSR count). The van der Waals surface area contributed by atoms with Crippen LogP contribution >= 0.6 is 11.3 Å².